The van der Waals surface area contributed by atoms with Crippen molar-refractivity contribution in [2.24, 2.45) is 0 Å². The highest BCUT2D eigenvalue weighted by molar-refractivity contribution is 6.33. The third-order valence-electron chi connectivity index (χ3n) is 2.92. The van der Waals surface area contributed by atoms with E-state index in [2.05, 4.69) is 49.2 Å². The van der Waals surface area contributed by atoms with E-state index in [4.69, 9.17) is 11.6 Å². The molecule has 0 saturated heterocycles. The molecule has 0 spiro atoms. The molecule has 0 fully saturated rings. The number of nitrogens with zero attached hydrogens (tertiary/aromatic N) is 1. The molecule has 0 aliphatic rings. The summed E-state index contributed by atoms with van der Waals surface area (Å²) in [5.74, 6) is 0. The lowest BCUT2D eigenvalue weighted by Gasteiger charge is -2.25. The first kappa shape index (κ1) is 15.3. The number of hydrogen-bond acceptors (Lipinski definition) is 2. The van der Waals surface area contributed by atoms with Crippen LogP contribution in [0.25, 0.3) is 0 Å². The predicted molar refractivity (Wildman–Crippen MR) is 81.6 cm³/mol. The molecule has 1 aromatic rings. The molecule has 0 heterocycles. The SMILES string of the molecule is CCCN(CCC)c1ccc(CNCC)cc1Cl. The van der Waals surface area contributed by atoms with Crippen molar-refractivity contribution in [3.63, 3.8) is 0 Å². The van der Waals surface area contributed by atoms with Gasteiger partial charge in [-0.05, 0) is 37.1 Å². The van der Waals surface area contributed by atoms with Gasteiger partial charge in [0.1, 0.15) is 0 Å². The molecule has 2 nitrogen and oxygen atoms in total. The van der Waals surface area contributed by atoms with E-state index >= 15 is 0 Å². The minimum atomic E-state index is 0.868. The summed E-state index contributed by atoms with van der Waals surface area (Å²) in [4.78, 5) is 2.37. The average Bonchev–Trinajstić information content (AvgIpc) is 2.36. The van der Waals surface area contributed by atoms with Crippen molar-refractivity contribution in [3.8, 4) is 0 Å². The van der Waals surface area contributed by atoms with Gasteiger partial charge in [0.2, 0.25) is 0 Å². The van der Waals surface area contributed by atoms with Gasteiger partial charge in [0.05, 0.1) is 10.7 Å². The van der Waals surface area contributed by atoms with Crippen LogP contribution in [0.4, 0.5) is 5.69 Å². The summed E-state index contributed by atoms with van der Waals surface area (Å²) in [6.07, 6.45) is 2.30. The van der Waals surface area contributed by atoms with Crippen LogP contribution in [0.1, 0.15) is 39.2 Å². The van der Waals surface area contributed by atoms with Crippen LogP contribution in [-0.2, 0) is 6.54 Å². The zero-order valence-corrected chi connectivity index (χ0v) is 12.6. The molecule has 0 aliphatic carbocycles. The first-order valence-corrected chi connectivity index (χ1v) is 7.34. The molecule has 102 valence electrons. The fourth-order valence-electron chi connectivity index (χ4n) is 2.08. The molecule has 18 heavy (non-hydrogen) atoms. The van der Waals surface area contributed by atoms with Crippen molar-refractivity contribution >= 4 is 17.3 Å². The summed E-state index contributed by atoms with van der Waals surface area (Å²) >= 11 is 6.41. The Kier molecular flexibility index (Phi) is 7.14. The molecule has 0 aliphatic heterocycles. The highest BCUT2D eigenvalue weighted by atomic mass is 35.5. The number of nitrogens with one attached hydrogen (secondary N) is 1. The Morgan fingerprint density at radius 1 is 1.11 bits per heavy atom. The zero-order chi connectivity index (χ0) is 13.4. The second-order valence-electron chi connectivity index (χ2n) is 4.55. The third kappa shape index (κ3) is 4.51. The molecular formula is C15H25ClN2. The number of rotatable bonds is 8. The first-order valence-electron chi connectivity index (χ1n) is 6.97. The standard InChI is InChI=1S/C15H25ClN2/c1-4-9-18(10-5-2)15-8-7-13(11-14(15)16)12-17-6-3/h7-8,11,17H,4-6,9-10,12H2,1-3H3. The van der Waals surface area contributed by atoms with Gasteiger partial charge >= 0.3 is 0 Å². The van der Waals surface area contributed by atoms with Crippen LogP contribution in [-0.4, -0.2) is 19.6 Å². The highest BCUT2D eigenvalue weighted by Crippen LogP contribution is 2.27. The lowest BCUT2D eigenvalue weighted by atomic mass is 10.1. The summed E-state index contributed by atoms with van der Waals surface area (Å²) in [6.45, 7) is 10.5. The predicted octanol–water partition coefficient (Wildman–Crippen LogP) is 4.08. The topological polar surface area (TPSA) is 15.3 Å². The van der Waals surface area contributed by atoms with Crippen LogP contribution < -0.4 is 10.2 Å². The van der Waals surface area contributed by atoms with Crippen molar-refractivity contribution in [2.45, 2.75) is 40.2 Å². The summed E-state index contributed by atoms with van der Waals surface area (Å²) < 4.78 is 0. The molecule has 1 aromatic carbocycles. The van der Waals surface area contributed by atoms with Gasteiger partial charge in [0.15, 0.2) is 0 Å². The Hall–Kier alpha value is -0.730. The van der Waals surface area contributed by atoms with Crippen LogP contribution in [0.5, 0.6) is 0 Å². The van der Waals surface area contributed by atoms with Crippen LogP contribution in [0.15, 0.2) is 18.2 Å². The molecule has 0 amide bonds. The summed E-state index contributed by atoms with van der Waals surface area (Å²) in [5, 5.41) is 4.19. The van der Waals surface area contributed by atoms with Crippen molar-refractivity contribution in [1.82, 2.24) is 5.32 Å². The Labute approximate surface area is 116 Å². The van der Waals surface area contributed by atoms with Gasteiger partial charge in [-0.2, -0.15) is 0 Å². The van der Waals surface area contributed by atoms with Crippen LogP contribution in [0, 0.1) is 0 Å². The zero-order valence-electron chi connectivity index (χ0n) is 11.8. The normalized spacial score (nSPS) is 10.7. The summed E-state index contributed by atoms with van der Waals surface area (Å²) in [6, 6.07) is 6.40. The number of halogens is 1. The van der Waals surface area contributed by atoms with Gasteiger partial charge in [0, 0.05) is 19.6 Å². The fourth-order valence-corrected chi connectivity index (χ4v) is 2.40. The van der Waals surface area contributed by atoms with E-state index in [-0.39, 0.29) is 0 Å². The van der Waals surface area contributed by atoms with Gasteiger partial charge in [-0.1, -0.05) is 38.4 Å². The van der Waals surface area contributed by atoms with Crippen LogP contribution >= 0.6 is 11.6 Å². The third-order valence-corrected chi connectivity index (χ3v) is 3.22. The molecule has 3 heteroatoms. The van der Waals surface area contributed by atoms with Gasteiger partial charge in [-0.3, -0.25) is 0 Å². The maximum Gasteiger partial charge on any atom is 0.0642 e. The van der Waals surface area contributed by atoms with E-state index in [0.717, 1.165) is 44.0 Å². The summed E-state index contributed by atoms with van der Waals surface area (Å²) in [7, 11) is 0. The minimum Gasteiger partial charge on any atom is -0.370 e. The Morgan fingerprint density at radius 3 is 2.28 bits per heavy atom. The lowest BCUT2D eigenvalue weighted by molar-refractivity contribution is 0.724. The maximum atomic E-state index is 6.41. The summed E-state index contributed by atoms with van der Waals surface area (Å²) in [5.41, 5.74) is 2.42. The van der Waals surface area contributed by atoms with Crippen LogP contribution in [0.2, 0.25) is 5.02 Å². The monoisotopic (exact) mass is 268 g/mol. The number of benzene rings is 1. The molecule has 1 rings (SSSR count). The first-order chi connectivity index (χ1) is 8.72. The van der Waals surface area contributed by atoms with Gasteiger partial charge in [-0.15, -0.1) is 0 Å². The molecule has 0 saturated carbocycles. The Balaban J connectivity index is 2.81. The van der Waals surface area contributed by atoms with Crippen molar-refractivity contribution in [2.75, 3.05) is 24.5 Å². The largest absolute Gasteiger partial charge is 0.370 e. The van der Waals surface area contributed by atoms with Crippen molar-refractivity contribution < 1.29 is 0 Å². The Bertz CT molecular complexity index is 346. The maximum absolute atomic E-state index is 6.41. The number of anilines is 1. The molecule has 0 aromatic heterocycles. The molecule has 0 atom stereocenters. The van der Waals surface area contributed by atoms with E-state index in [1.165, 1.54) is 11.3 Å². The fraction of sp³-hybridized carbons (Fsp3) is 0.600. The second-order valence-corrected chi connectivity index (χ2v) is 4.96. The molecule has 1 N–H and O–H groups in total. The lowest BCUT2D eigenvalue weighted by Crippen LogP contribution is -2.25. The quantitative estimate of drug-likeness (QED) is 0.764. The van der Waals surface area contributed by atoms with E-state index in [0.29, 0.717) is 0 Å². The molecule has 0 unspecified atom stereocenters. The average molecular weight is 269 g/mol. The van der Waals surface area contributed by atoms with Crippen molar-refractivity contribution in [1.29, 1.82) is 0 Å². The van der Waals surface area contributed by atoms with Crippen molar-refractivity contribution in [3.05, 3.63) is 28.8 Å². The highest BCUT2D eigenvalue weighted by Gasteiger charge is 2.09. The van der Waals surface area contributed by atoms with Gasteiger partial charge < -0.3 is 10.2 Å². The van der Waals surface area contributed by atoms with E-state index in [1.54, 1.807) is 0 Å². The van der Waals surface area contributed by atoms with E-state index in [9.17, 15) is 0 Å². The molecule has 0 radical (unpaired) electrons. The molecule has 0 bridgehead atoms. The number of hydrogen-bond donors (Lipinski definition) is 1. The van der Waals surface area contributed by atoms with Gasteiger partial charge in [-0.25, -0.2) is 0 Å². The van der Waals surface area contributed by atoms with Crippen LogP contribution in [0.3, 0.4) is 0 Å². The minimum absolute atomic E-state index is 0.868. The second kappa shape index (κ2) is 8.39. The smallest absolute Gasteiger partial charge is 0.0642 e. The van der Waals surface area contributed by atoms with E-state index in [1.807, 2.05) is 0 Å². The van der Waals surface area contributed by atoms with Gasteiger partial charge in [0.25, 0.3) is 0 Å². The van der Waals surface area contributed by atoms with E-state index < -0.39 is 0 Å². The molecular weight excluding hydrogens is 244 g/mol. The Morgan fingerprint density at radius 2 is 1.78 bits per heavy atom.